The molecule has 13 heteroatoms. The largest absolute Gasteiger partial charge is 0.480 e. The normalized spacial score (nSPS) is 17.3. The molecule has 1 aliphatic heterocycles. The van der Waals surface area contributed by atoms with Crippen molar-refractivity contribution in [3.8, 4) is 11.1 Å². The second-order valence-electron chi connectivity index (χ2n) is 13.4. The highest BCUT2D eigenvalue weighted by molar-refractivity contribution is 6.01. The minimum atomic E-state index is -1.14. The van der Waals surface area contributed by atoms with Gasteiger partial charge in [0.15, 0.2) is 0 Å². The predicted octanol–water partition coefficient (Wildman–Crippen LogP) is 5.28. The highest BCUT2D eigenvalue weighted by atomic mass is 16.6. The Balaban J connectivity index is 1.30. The number of ether oxygens (including phenoxy) is 4. The monoisotopic (exact) mass is 652 g/mol. The van der Waals surface area contributed by atoms with E-state index in [9.17, 15) is 24.3 Å². The Morgan fingerprint density at radius 3 is 1.91 bits per heavy atom. The number of nitrogens with zero attached hydrogens (tertiary/aromatic N) is 2. The number of aliphatic imine (C=N–C) groups is 1. The fraction of sp³-hybridized carbons (Fsp3) is 0.500. The molecule has 0 saturated carbocycles. The van der Waals surface area contributed by atoms with Crippen molar-refractivity contribution in [2.24, 2.45) is 4.99 Å². The van der Waals surface area contributed by atoms with Gasteiger partial charge in [-0.25, -0.2) is 19.2 Å². The van der Waals surface area contributed by atoms with Crippen molar-refractivity contribution in [1.82, 2.24) is 15.5 Å². The number of aliphatic carboxylic acids is 1. The lowest BCUT2D eigenvalue weighted by molar-refractivity contribution is -0.141. The molecular weight excluding hydrogens is 608 g/mol. The Bertz CT molecular complexity index is 1420. The van der Waals surface area contributed by atoms with Gasteiger partial charge in [-0.1, -0.05) is 48.5 Å². The molecule has 1 aliphatic carbocycles. The number of fused-ring (bicyclic) bond motifs is 3. The first kappa shape index (κ1) is 35.2. The van der Waals surface area contributed by atoms with E-state index in [1.54, 1.807) is 41.5 Å². The van der Waals surface area contributed by atoms with Crippen molar-refractivity contribution >= 4 is 30.2 Å². The number of carboxylic acids is 1. The molecule has 2 aromatic carbocycles. The smallest absolute Gasteiger partial charge is 0.414 e. The number of likely N-dealkylation sites (tertiary alicyclic amines) is 1. The summed E-state index contributed by atoms with van der Waals surface area (Å²) in [6.07, 6.45) is -2.37. The fourth-order valence-electron chi connectivity index (χ4n) is 5.45. The molecule has 1 saturated heterocycles. The molecule has 254 valence electrons. The molecule has 0 aromatic heterocycles. The zero-order valence-electron chi connectivity index (χ0n) is 27.7. The number of hydrogen-bond acceptors (Lipinski definition) is 9. The van der Waals surface area contributed by atoms with Gasteiger partial charge >= 0.3 is 24.2 Å². The number of guanidine groups is 1. The molecule has 13 nitrogen and oxygen atoms in total. The number of carbonyl (C=O) groups is 4. The molecule has 1 heterocycles. The summed E-state index contributed by atoms with van der Waals surface area (Å²) in [7, 11) is 0. The van der Waals surface area contributed by atoms with Crippen molar-refractivity contribution in [2.45, 2.75) is 83.6 Å². The summed E-state index contributed by atoms with van der Waals surface area (Å²) in [4.78, 5) is 55.2. The summed E-state index contributed by atoms with van der Waals surface area (Å²) in [5, 5.41) is 14.7. The molecule has 0 bridgehead atoms. The zero-order valence-corrected chi connectivity index (χ0v) is 27.7. The van der Waals surface area contributed by atoms with E-state index in [1.165, 1.54) is 4.90 Å². The van der Waals surface area contributed by atoms with Gasteiger partial charge in [0.1, 0.15) is 23.9 Å². The standard InChI is InChI=1S/C34H44N4O9/c1-33(2,3)46-30(41)36-29(37-31(42)47-34(4,5)6)35-16-11-17-44-21-18-27(28(39)40)38(19-21)32(43)45-20-26-24-14-9-7-12-22(24)23-13-8-10-15-25(23)26/h7-10,12-15,21,26-27H,11,16-20H2,1-6H3,(H,39,40)(H2,35,36,37,41,42)/t21-,27+/m1/s1. The molecule has 2 atom stereocenters. The maximum Gasteiger partial charge on any atom is 0.414 e. The quantitative estimate of drug-likeness (QED) is 0.149. The van der Waals surface area contributed by atoms with Gasteiger partial charge in [-0.3, -0.25) is 20.5 Å². The summed E-state index contributed by atoms with van der Waals surface area (Å²) >= 11 is 0. The Hall–Kier alpha value is -4.65. The topological polar surface area (TPSA) is 165 Å². The minimum absolute atomic E-state index is 0.0581. The maximum atomic E-state index is 13.2. The maximum absolute atomic E-state index is 13.2. The van der Waals surface area contributed by atoms with Crippen LogP contribution in [-0.4, -0.2) is 89.9 Å². The lowest BCUT2D eigenvalue weighted by atomic mass is 9.98. The molecular formula is C34H44N4O9. The Kier molecular flexibility index (Phi) is 11.1. The third kappa shape index (κ3) is 9.92. The third-order valence-corrected chi connectivity index (χ3v) is 7.28. The van der Waals surface area contributed by atoms with Gasteiger partial charge < -0.3 is 24.1 Å². The average molecular weight is 653 g/mol. The molecule has 4 rings (SSSR count). The molecule has 3 amide bonds. The second-order valence-corrected chi connectivity index (χ2v) is 13.4. The number of alkyl carbamates (subject to hydrolysis) is 2. The second kappa shape index (κ2) is 14.8. The first-order valence-electron chi connectivity index (χ1n) is 15.6. The first-order valence-corrected chi connectivity index (χ1v) is 15.6. The SMILES string of the molecule is CC(C)(C)OC(=O)NC(=NCCCO[C@@H]1C[C@@H](C(=O)O)N(C(=O)OCC2c3ccccc3-c3ccccc32)C1)NC(=O)OC(C)(C)C. The summed E-state index contributed by atoms with van der Waals surface area (Å²) in [6, 6.07) is 14.9. The summed E-state index contributed by atoms with van der Waals surface area (Å²) in [6.45, 7) is 10.7. The summed E-state index contributed by atoms with van der Waals surface area (Å²) < 4.78 is 22.1. The lowest BCUT2D eigenvalue weighted by Gasteiger charge is -2.22. The molecule has 47 heavy (non-hydrogen) atoms. The molecule has 2 aliphatic rings. The van der Waals surface area contributed by atoms with Crippen molar-refractivity contribution in [3.05, 3.63) is 59.7 Å². The van der Waals surface area contributed by atoms with Crippen molar-refractivity contribution in [1.29, 1.82) is 0 Å². The van der Waals surface area contributed by atoms with Crippen LogP contribution in [0.2, 0.25) is 0 Å². The van der Waals surface area contributed by atoms with Crippen LogP contribution in [0.4, 0.5) is 14.4 Å². The number of carbonyl (C=O) groups excluding carboxylic acids is 3. The summed E-state index contributed by atoms with van der Waals surface area (Å²) in [5.74, 6) is -1.44. The number of amides is 3. The Morgan fingerprint density at radius 1 is 0.872 bits per heavy atom. The molecule has 0 unspecified atom stereocenters. The van der Waals surface area contributed by atoms with Gasteiger partial charge in [0.05, 0.1) is 12.6 Å². The van der Waals surface area contributed by atoms with Gasteiger partial charge in [0, 0.05) is 25.5 Å². The van der Waals surface area contributed by atoms with Crippen LogP contribution in [0, 0.1) is 0 Å². The van der Waals surface area contributed by atoms with E-state index in [1.807, 2.05) is 48.5 Å². The molecule has 0 radical (unpaired) electrons. The van der Waals surface area contributed by atoms with E-state index in [0.717, 1.165) is 22.3 Å². The van der Waals surface area contributed by atoms with Crippen LogP contribution in [0.3, 0.4) is 0 Å². The Labute approximate surface area is 274 Å². The van der Waals surface area contributed by atoms with Gasteiger partial charge in [0.25, 0.3) is 0 Å². The van der Waals surface area contributed by atoms with Crippen LogP contribution in [0.15, 0.2) is 53.5 Å². The number of hydrogen-bond donors (Lipinski definition) is 3. The van der Waals surface area contributed by atoms with Crippen LogP contribution in [0.5, 0.6) is 0 Å². The average Bonchev–Trinajstić information content (AvgIpc) is 3.53. The minimum Gasteiger partial charge on any atom is -0.480 e. The predicted molar refractivity (Wildman–Crippen MR) is 173 cm³/mol. The van der Waals surface area contributed by atoms with Crippen molar-refractivity contribution in [3.63, 3.8) is 0 Å². The van der Waals surface area contributed by atoms with E-state index in [2.05, 4.69) is 15.6 Å². The number of benzene rings is 2. The highest BCUT2D eigenvalue weighted by Crippen LogP contribution is 2.44. The van der Waals surface area contributed by atoms with E-state index < -0.39 is 47.6 Å². The highest BCUT2D eigenvalue weighted by Gasteiger charge is 2.41. The number of nitrogens with one attached hydrogen (secondary N) is 2. The lowest BCUT2D eigenvalue weighted by Crippen LogP contribution is -2.47. The van der Waals surface area contributed by atoms with Crippen LogP contribution in [0.25, 0.3) is 11.1 Å². The molecule has 1 fully saturated rings. The number of carboxylic acid groups (broad SMARTS) is 1. The van der Waals surface area contributed by atoms with Crippen LogP contribution in [-0.2, 0) is 23.7 Å². The van der Waals surface area contributed by atoms with E-state index in [4.69, 9.17) is 18.9 Å². The first-order chi connectivity index (χ1) is 22.1. The van der Waals surface area contributed by atoms with Gasteiger partial charge in [-0.05, 0) is 70.2 Å². The zero-order chi connectivity index (χ0) is 34.4. The van der Waals surface area contributed by atoms with Gasteiger partial charge in [-0.15, -0.1) is 0 Å². The van der Waals surface area contributed by atoms with Crippen molar-refractivity contribution in [2.75, 3.05) is 26.3 Å². The van der Waals surface area contributed by atoms with Gasteiger partial charge in [0.2, 0.25) is 5.96 Å². The van der Waals surface area contributed by atoms with Crippen molar-refractivity contribution < 1.29 is 43.2 Å². The van der Waals surface area contributed by atoms with Crippen LogP contribution >= 0.6 is 0 Å². The number of rotatable bonds is 8. The van der Waals surface area contributed by atoms with Gasteiger partial charge in [-0.2, -0.15) is 0 Å². The van der Waals surface area contributed by atoms with E-state index in [-0.39, 0.29) is 44.6 Å². The van der Waals surface area contributed by atoms with Crippen LogP contribution in [0.1, 0.15) is 71.4 Å². The summed E-state index contributed by atoms with van der Waals surface area (Å²) in [5.41, 5.74) is 2.79. The molecule has 3 N–H and O–H groups in total. The van der Waals surface area contributed by atoms with E-state index >= 15 is 0 Å². The van der Waals surface area contributed by atoms with Crippen LogP contribution < -0.4 is 10.6 Å². The molecule has 2 aromatic rings. The van der Waals surface area contributed by atoms with E-state index in [0.29, 0.717) is 6.42 Å². The fourth-order valence-corrected chi connectivity index (χ4v) is 5.45. The third-order valence-electron chi connectivity index (χ3n) is 7.28. The Morgan fingerprint density at radius 2 is 1.40 bits per heavy atom. The molecule has 0 spiro atoms.